The van der Waals surface area contributed by atoms with Gasteiger partial charge in [0.05, 0.1) is 7.11 Å². The second-order valence-corrected chi connectivity index (χ2v) is 3.54. The summed E-state index contributed by atoms with van der Waals surface area (Å²) in [6, 6.07) is 11.4. The Labute approximate surface area is 95.0 Å². The molecule has 0 saturated carbocycles. The molecule has 0 amide bonds. The highest BCUT2D eigenvalue weighted by Crippen LogP contribution is 2.19. The number of hydrogen-bond acceptors (Lipinski definition) is 2. The Bertz CT molecular complexity index is 557. The summed E-state index contributed by atoms with van der Waals surface area (Å²) in [5, 5.41) is 11.6. The highest BCUT2D eigenvalue weighted by atomic mass is 16.5. The summed E-state index contributed by atoms with van der Waals surface area (Å²) in [7, 11) is 1.64. The average molecular weight is 210 g/mol. The molecule has 0 fully saturated rings. The Morgan fingerprint density at radius 1 is 1.19 bits per heavy atom. The predicted octanol–water partition coefficient (Wildman–Crippen LogP) is 1.21. The van der Waals surface area contributed by atoms with Crippen LogP contribution in [0.2, 0.25) is 0 Å². The van der Waals surface area contributed by atoms with E-state index in [1.54, 1.807) is 7.11 Å². The van der Waals surface area contributed by atoms with E-state index in [0.29, 0.717) is 0 Å². The maximum Gasteiger partial charge on any atom is 0.412 e. The van der Waals surface area contributed by atoms with E-state index in [-0.39, 0.29) is 0 Å². The van der Waals surface area contributed by atoms with Gasteiger partial charge in [-0.15, -0.1) is 12.2 Å². The molecule has 78 valence electrons. The van der Waals surface area contributed by atoms with E-state index in [9.17, 15) is 5.02 Å². The summed E-state index contributed by atoms with van der Waals surface area (Å²) < 4.78 is 5.14. The number of benzene rings is 2. The van der Waals surface area contributed by atoms with Crippen LogP contribution in [0.3, 0.4) is 0 Å². The molecular formula is C13H11BO2. The lowest BCUT2D eigenvalue weighted by Crippen LogP contribution is -2.28. The predicted molar refractivity (Wildman–Crippen MR) is 66.9 cm³/mol. The maximum absolute atomic E-state index is 9.53. The van der Waals surface area contributed by atoms with Gasteiger partial charge in [-0.2, -0.15) is 0 Å². The molecule has 0 heterocycles. The Hall–Kier alpha value is -1.92. The number of methoxy groups -OCH3 is 1. The van der Waals surface area contributed by atoms with Crippen molar-refractivity contribution in [1.82, 2.24) is 0 Å². The van der Waals surface area contributed by atoms with Gasteiger partial charge >= 0.3 is 6.92 Å². The van der Waals surface area contributed by atoms with Crippen LogP contribution in [0, 0.1) is 12.2 Å². The zero-order chi connectivity index (χ0) is 11.5. The van der Waals surface area contributed by atoms with E-state index >= 15 is 0 Å². The van der Waals surface area contributed by atoms with Gasteiger partial charge < -0.3 is 9.76 Å². The zero-order valence-electron chi connectivity index (χ0n) is 8.97. The topological polar surface area (TPSA) is 29.5 Å². The molecule has 0 radical (unpaired) electrons. The third-order valence-corrected chi connectivity index (χ3v) is 2.55. The highest BCUT2D eigenvalue weighted by Gasteiger charge is 2.10. The number of hydrogen-bond donors (Lipinski definition) is 1. The van der Waals surface area contributed by atoms with Crippen molar-refractivity contribution in [2.24, 2.45) is 0 Å². The first-order chi connectivity index (χ1) is 7.74. The lowest BCUT2D eigenvalue weighted by molar-refractivity contribution is 0.415. The highest BCUT2D eigenvalue weighted by molar-refractivity contribution is 6.73. The van der Waals surface area contributed by atoms with Gasteiger partial charge in [0, 0.05) is 0 Å². The third-order valence-electron chi connectivity index (χ3n) is 2.55. The van der Waals surface area contributed by atoms with E-state index in [1.807, 2.05) is 36.4 Å². The molecule has 3 heteroatoms. The summed E-state index contributed by atoms with van der Waals surface area (Å²) in [5.41, 5.74) is 0.736. The molecule has 0 atom stereocenters. The van der Waals surface area contributed by atoms with Crippen LogP contribution in [0.1, 0.15) is 0 Å². The molecular weight excluding hydrogens is 199 g/mol. The molecule has 2 rings (SSSR count). The van der Waals surface area contributed by atoms with Gasteiger partial charge in [0.2, 0.25) is 0 Å². The van der Waals surface area contributed by atoms with Crippen LogP contribution >= 0.6 is 0 Å². The molecule has 0 aliphatic rings. The first-order valence-corrected chi connectivity index (χ1v) is 4.96. The van der Waals surface area contributed by atoms with Gasteiger partial charge in [0.25, 0.3) is 0 Å². The molecule has 0 spiro atoms. The van der Waals surface area contributed by atoms with Crippen molar-refractivity contribution in [2.75, 3.05) is 7.11 Å². The number of ether oxygens (including phenoxy) is 1. The minimum atomic E-state index is -0.841. The van der Waals surface area contributed by atoms with Crippen molar-refractivity contribution in [3.8, 4) is 18.0 Å². The quantitative estimate of drug-likeness (QED) is 0.596. The fraction of sp³-hybridized carbons (Fsp3) is 0.0769. The van der Waals surface area contributed by atoms with E-state index in [2.05, 4.69) is 5.82 Å². The first kappa shape index (κ1) is 10.6. The van der Waals surface area contributed by atoms with Gasteiger partial charge in [-0.25, -0.2) is 0 Å². The van der Waals surface area contributed by atoms with Crippen LogP contribution in [0.4, 0.5) is 0 Å². The van der Waals surface area contributed by atoms with Crippen molar-refractivity contribution < 1.29 is 9.76 Å². The average Bonchev–Trinajstić information content (AvgIpc) is 2.36. The van der Waals surface area contributed by atoms with E-state index < -0.39 is 6.92 Å². The standard InChI is InChI=1S/C13H11BO2/c1-3-14(15)12-6-4-11-9-13(16-2)7-5-10(11)8-12/h1,4-9,15H,2H3. The molecule has 0 aliphatic carbocycles. The van der Waals surface area contributed by atoms with Crippen LogP contribution in [0.15, 0.2) is 36.4 Å². The fourth-order valence-corrected chi connectivity index (χ4v) is 1.64. The summed E-state index contributed by atoms with van der Waals surface area (Å²) in [6.07, 6.45) is 5.17. The molecule has 2 aromatic rings. The molecule has 1 N–H and O–H groups in total. The summed E-state index contributed by atoms with van der Waals surface area (Å²) in [5.74, 6) is 3.12. The van der Waals surface area contributed by atoms with E-state index in [1.165, 1.54) is 0 Å². The largest absolute Gasteiger partial charge is 0.497 e. The van der Waals surface area contributed by atoms with Crippen LogP contribution in [-0.4, -0.2) is 19.0 Å². The molecule has 0 bridgehead atoms. The molecule has 0 saturated heterocycles. The van der Waals surface area contributed by atoms with Crippen LogP contribution < -0.4 is 10.2 Å². The van der Waals surface area contributed by atoms with Crippen LogP contribution in [0.25, 0.3) is 10.8 Å². The lowest BCUT2D eigenvalue weighted by atomic mass is 9.62. The van der Waals surface area contributed by atoms with Crippen molar-refractivity contribution >= 4 is 23.2 Å². The van der Waals surface area contributed by atoms with Gasteiger partial charge in [-0.05, 0) is 28.4 Å². The van der Waals surface area contributed by atoms with Gasteiger partial charge in [0.1, 0.15) is 5.75 Å². The molecule has 0 aromatic heterocycles. The minimum Gasteiger partial charge on any atom is -0.497 e. The third kappa shape index (κ3) is 1.88. The summed E-state index contributed by atoms with van der Waals surface area (Å²) in [4.78, 5) is 0. The fourth-order valence-electron chi connectivity index (χ4n) is 1.64. The van der Waals surface area contributed by atoms with Crippen molar-refractivity contribution in [3.63, 3.8) is 0 Å². The molecule has 16 heavy (non-hydrogen) atoms. The Morgan fingerprint density at radius 2 is 1.88 bits per heavy atom. The van der Waals surface area contributed by atoms with Gasteiger partial charge in [0.15, 0.2) is 0 Å². The molecule has 0 unspecified atom stereocenters. The molecule has 2 nitrogen and oxygen atoms in total. The summed E-state index contributed by atoms with van der Waals surface area (Å²) >= 11 is 0. The van der Waals surface area contributed by atoms with Crippen molar-refractivity contribution in [2.45, 2.75) is 0 Å². The van der Waals surface area contributed by atoms with E-state index in [0.717, 1.165) is 22.0 Å². The van der Waals surface area contributed by atoms with Crippen molar-refractivity contribution in [1.29, 1.82) is 0 Å². The maximum atomic E-state index is 9.53. The molecule has 0 aliphatic heterocycles. The van der Waals surface area contributed by atoms with Gasteiger partial charge in [-0.3, -0.25) is 0 Å². The lowest BCUT2D eigenvalue weighted by Gasteiger charge is -2.05. The van der Waals surface area contributed by atoms with Gasteiger partial charge in [-0.1, -0.05) is 24.3 Å². The van der Waals surface area contributed by atoms with E-state index in [4.69, 9.17) is 11.2 Å². The minimum absolute atomic E-state index is 0.736. The second kappa shape index (κ2) is 4.30. The normalized spacial score (nSPS) is 9.81. The Morgan fingerprint density at radius 3 is 2.56 bits per heavy atom. The second-order valence-electron chi connectivity index (χ2n) is 3.54. The molecule has 2 aromatic carbocycles. The zero-order valence-corrected chi connectivity index (χ0v) is 8.97. The van der Waals surface area contributed by atoms with Crippen molar-refractivity contribution in [3.05, 3.63) is 36.4 Å². The SMILES string of the molecule is C#CB(O)c1ccc2cc(OC)ccc2c1. The summed E-state index contributed by atoms with van der Waals surface area (Å²) in [6.45, 7) is -0.841. The monoisotopic (exact) mass is 210 g/mol. The number of fused-ring (bicyclic) bond motifs is 1. The Balaban J connectivity index is 2.52. The smallest absolute Gasteiger partial charge is 0.412 e. The number of terminal acetylenes is 1. The number of rotatable bonds is 2. The Kier molecular flexibility index (Phi) is 2.85. The first-order valence-electron chi connectivity index (χ1n) is 4.96. The van der Waals surface area contributed by atoms with Crippen LogP contribution in [-0.2, 0) is 0 Å². The van der Waals surface area contributed by atoms with Crippen LogP contribution in [0.5, 0.6) is 5.75 Å².